The molecular formula is C15H30N2O3. The summed E-state index contributed by atoms with van der Waals surface area (Å²) in [4.78, 5) is 11.6. The summed E-state index contributed by atoms with van der Waals surface area (Å²) in [6.45, 7) is 5.76. The van der Waals surface area contributed by atoms with Gasteiger partial charge in [-0.25, -0.2) is 0 Å². The number of nitrogens with one attached hydrogen (secondary N) is 1. The minimum Gasteiger partial charge on any atom is -0.379 e. The molecule has 0 aliphatic carbocycles. The Balaban J connectivity index is 1.86. The summed E-state index contributed by atoms with van der Waals surface area (Å²) in [5.41, 5.74) is 5.48. The van der Waals surface area contributed by atoms with Crippen molar-refractivity contribution in [1.82, 2.24) is 5.32 Å². The summed E-state index contributed by atoms with van der Waals surface area (Å²) in [6.07, 6.45) is 5.90. The van der Waals surface area contributed by atoms with Crippen molar-refractivity contribution in [2.45, 2.75) is 51.6 Å². The molecule has 1 amide bonds. The fourth-order valence-corrected chi connectivity index (χ4v) is 2.29. The van der Waals surface area contributed by atoms with Crippen LogP contribution in [0, 0.1) is 5.92 Å². The van der Waals surface area contributed by atoms with E-state index in [1.54, 1.807) is 0 Å². The van der Waals surface area contributed by atoms with E-state index in [0.29, 0.717) is 38.6 Å². The normalized spacial score (nSPS) is 20.0. The zero-order chi connectivity index (χ0) is 14.6. The van der Waals surface area contributed by atoms with E-state index >= 15 is 0 Å². The first-order valence-corrected chi connectivity index (χ1v) is 7.88. The van der Waals surface area contributed by atoms with Crippen LogP contribution in [0.15, 0.2) is 0 Å². The van der Waals surface area contributed by atoms with Crippen molar-refractivity contribution in [1.29, 1.82) is 0 Å². The molecule has 0 aromatic heterocycles. The quantitative estimate of drug-likeness (QED) is 0.564. The third-order valence-electron chi connectivity index (χ3n) is 3.64. The zero-order valence-corrected chi connectivity index (χ0v) is 12.7. The topological polar surface area (TPSA) is 73.6 Å². The maximum absolute atomic E-state index is 11.6. The number of carbonyl (C=O) groups is 1. The second-order valence-electron chi connectivity index (χ2n) is 5.63. The molecule has 2 atom stereocenters. The van der Waals surface area contributed by atoms with Gasteiger partial charge in [0.15, 0.2) is 0 Å². The van der Waals surface area contributed by atoms with Gasteiger partial charge in [0.05, 0.1) is 12.7 Å². The molecule has 1 fully saturated rings. The molecule has 0 spiro atoms. The van der Waals surface area contributed by atoms with Gasteiger partial charge in [0.25, 0.3) is 0 Å². The van der Waals surface area contributed by atoms with Gasteiger partial charge >= 0.3 is 0 Å². The van der Waals surface area contributed by atoms with Crippen LogP contribution in [0.3, 0.4) is 0 Å². The van der Waals surface area contributed by atoms with Crippen LogP contribution in [-0.2, 0) is 14.3 Å². The molecule has 20 heavy (non-hydrogen) atoms. The van der Waals surface area contributed by atoms with E-state index in [4.69, 9.17) is 15.2 Å². The summed E-state index contributed by atoms with van der Waals surface area (Å²) in [5, 5.41) is 2.93. The highest BCUT2D eigenvalue weighted by Crippen LogP contribution is 2.12. The second kappa shape index (κ2) is 11.1. The number of amides is 1. The van der Waals surface area contributed by atoms with Gasteiger partial charge in [-0.2, -0.15) is 0 Å². The van der Waals surface area contributed by atoms with Crippen molar-refractivity contribution in [3.63, 3.8) is 0 Å². The fraction of sp³-hybridized carbons (Fsp3) is 0.933. The third kappa shape index (κ3) is 8.51. The van der Waals surface area contributed by atoms with E-state index in [1.165, 1.54) is 0 Å². The van der Waals surface area contributed by atoms with Gasteiger partial charge in [-0.1, -0.05) is 6.92 Å². The number of rotatable bonds is 11. The molecule has 1 rings (SSSR count). The molecule has 0 saturated carbocycles. The van der Waals surface area contributed by atoms with Gasteiger partial charge in [0, 0.05) is 26.2 Å². The average Bonchev–Trinajstić information content (AvgIpc) is 2.94. The molecule has 1 aliphatic heterocycles. The van der Waals surface area contributed by atoms with Crippen molar-refractivity contribution in [3.8, 4) is 0 Å². The van der Waals surface area contributed by atoms with Crippen LogP contribution < -0.4 is 11.1 Å². The Morgan fingerprint density at radius 2 is 2.35 bits per heavy atom. The number of nitrogens with two attached hydrogens (primary N) is 1. The summed E-state index contributed by atoms with van der Waals surface area (Å²) in [7, 11) is 0. The van der Waals surface area contributed by atoms with E-state index in [2.05, 4.69) is 12.2 Å². The van der Waals surface area contributed by atoms with Gasteiger partial charge in [-0.3, -0.25) is 4.79 Å². The van der Waals surface area contributed by atoms with E-state index in [-0.39, 0.29) is 12.0 Å². The first-order chi connectivity index (χ1) is 9.72. The van der Waals surface area contributed by atoms with E-state index in [0.717, 1.165) is 38.7 Å². The van der Waals surface area contributed by atoms with Crippen LogP contribution >= 0.6 is 0 Å². The number of ether oxygens (including phenoxy) is 2. The molecule has 118 valence electrons. The lowest BCUT2D eigenvalue weighted by molar-refractivity contribution is -0.121. The van der Waals surface area contributed by atoms with Gasteiger partial charge in [-0.15, -0.1) is 0 Å². The Bertz CT molecular complexity index is 256. The van der Waals surface area contributed by atoms with Crippen LogP contribution in [0.5, 0.6) is 0 Å². The number of carbonyl (C=O) groups excluding carboxylic acids is 1. The maximum atomic E-state index is 11.6. The Hall–Kier alpha value is -0.650. The van der Waals surface area contributed by atoms with Crippen LogP contribution in [0.2, 0.25) is 0 Å². The minimum atomic E-state index is 0.132. The SMILES string of the molecule is CC(CCN)CCC(=O)NCCCOCC1CCCO1. The lowest BCUT2D eigenvalue weighted by Crippen LogP contribution is -2.26. The van der Waals surface area contributed by atoms with Crippen LogP contribution in [0.25, 0.3) is 0 Å². The molecule has 3 N–H and O–H groups in total. The van der Waals surface area contributed by atoms with E-state index in [9.17, 15) is 4.79 Å². The first kappa shape index (κ1) is 17.4. The standard InChI is InChI=1S/C15H30N2O3/c1-13(7-8-16)5-6-15(18)17-9-3-10-19-12-14-4-2-11-20-14/h13-14H,2-12,16H2,1H3,(H,17,18). The van der Waals surface area contributed by atoms with Crippen molar-refractivity contribution in [3.05, 3.63) is 0 Å². The van der Waals surface area contributed by atoms with Crippen LogP contribution in [0.1, 0.15) is 45.4 Å². The van der Waals surface area contributed by atoms with Gasteiger partial charge in [0.1, 0.15) is 0 Å². The lowest BCUT2D eigenvalue weighted by Gasteiger charge is -2.11. The molecule has 5 heteroatoms. The Morgan fingerprint density at radius 1 is 1.50 bits per heavy atom. The third-order valence-corrected chi connectivity index (χ3v) is 3.64. The molecular weight excluding hydrogens is 256 g/mol. The van der Waals surface area contributed by atoms with Crippen molar-refractivity contribution < 1.29 is 14.3 Å². The average molecular weight is 286 g/mol. The Labute approximate surface area is 122 Å². The summed E-state index contributed by atoms with van der Waals surface area (Å²) < 4.78 is 11.0. The smallest absolute Gasteiger partial charge is 0.220 e. The Morgan fingerprint density at radius 3 is 3.05 bits per heavy atom. The van der Waals surface area contributed by atoms with Crippen molar-refractivity contribution >= 4 is 5.91 Å². The second-order valence-corrected chi connectivity index (χ2v) is 5.63. The largest absolute Gasteiger partial charge is 0.379 e. The predicted molar refractivity (Wildman–Crippen MR) is 79.5 cm³/mol. The highest BCUT2D eigenvalue weighted by Gasteiger charge is 2.14. The summed E-state index contributed by atoms with van der Waals surface area (Å²) in [6, 6.07) is 0. The number of hydrogen-bond acceptors (Lipinski definition) is 4. The fourth-order valence-electron chi connectivity index (χ4n) is 2.29. The zero-order valence-electron chi connectivity index (χ0n) is 12.7. The predicted octanol–water partition coefficient (Wildman–Crippen LogP) is 1.45. The number of hydrogen-bond donors (Lipinski definition) is 2. The molecule has 0 radical (unpaired) electrons. The summed E-state index contributed by atoms with van der Waals surface area (Å²) >= 11 is 0. The van der Waals surface area contributed by atoms with Crippen molar-refractivity contribution in [2.24, 2.45) is 11.7 Å². The van der Waals surface area contributed by atoms with Crippen LogP contribution in [-0.4, -0.2) is 44.9 Å². The highest BCUT2D eigenvalue weighted by atomic mass is 16.5. The molecule has 2 unspecified atom stereocenters. The molecule has 0 aromatic rings. The summed E-state index contributed by atoms with van der Waals surface area (Å²) in [5.74, 6) is 0.661. The molecule has 5 nitrogen and oxygen atoms in total. The Kier molecular flexibility index (Phi) is 9.62. The molecule has 0 aromatic carbocycles. The minimum absolute atomic E-state index is 0.132. The van der Waals surface area contributed by atoms with Gasteiger partial charge in [0.2, 0.25) is 5.91 Å². The molecule has 1 saturated heterocycles. The van der Waals surface area contributed by atoms with Gasteiger partial charge < -0.3 is 20.5 Å². The van der Waals surface area contributed by atoms with E-state index in [1.807, 2.05) is 0 Å². The maximum Gasteiger partial charge on any atom is 0.220 e. The lowest BCUT2D eigenvalue weighted by atomic mass is 10.0. The highest BCUT2D eigenvalue weighted by molar-refractivity contribution is 5.75. The first-order valence-electron chi connectivity index (χ1n) is 7.88. The van der Waals surface area contributed by atoms with Gasteiger partial charge in [-0.05, 0) is 44.6 Å². The monoisotopic (exact) mass is 286 g/mol. The van der Waals surface area contributed by atoms with Crippen LogP contribution in [0.4, 0.5) is 0 Å². The van der Waals surface area contributed by atoms with E-state index < -0.39 is 0 Å². The molecule has 1 aliphatic rings. The molecule has 0 bridgehead atoms. The van der Waals surface area contributed by atoms with Crippen molar-refractivity contribution in [2.75, 3.05) is 32.9 Å². The molecule has 1 heterocycles.